The summed E-state index contributed by atoms with van der Waals surface area (Å²) in [5.41, 5.74) is 0.462. The molecule has 1 aliphatic heterocycles. The van der Waals surface area contributed by atoms with Crippen LogP contribution in [0.3, 0.4) is 0 Å². The van der Waals surface area contributed by atoms with Gasteiger partial charge in [-0.25, -0.2) is 9.59 Å². The first-order chi connectivity index (χ1) is 7.63. The Morgan fingerprint density at radius 1 is 1.56 bits per heavy atom. The molecular weight excluding hydrogens is 210 g/mol. The van der Waals surface area contributed by atoms with Gasteiger partial charge in [-0.3, -0.25) is 0 Å². The van der Waals surface area contributed by atoms with E-state index in [0.717, 1.165) is 19.3 Å². The Kier molecular flexibility index (Phi) is 4.82. The van der Waals surface area contributed by atoms with E-state index in [4.69, 9.17) is 9.47 Å². The molecule has 1 heterocycles. The topological polar surface area (TPSA) is 64.6 Å². The molecule has 5 nitrogen and oxygen atoms in total. The van der Waals surface area contributed by atoms with Crippen molar-refractivity contribution in [2.24, 2.45) is 0 Å². The molecule has 1 atom stereocenters. The van der Waals surface area contributed by atoms with Crippen molar-refractivity contribution in [1.82, 2.24) is 5.32 Å². The van der Waals surface area contributed by atoms with Crippen molar-refractivity contribution < 1.29 is 19.1 Å². The van der Waals surface area contributed by atoms with Crippen LogP contribution in [0.2, 0.25) is 0 Å². The van der Waals surface area contributed by atoms with Gasteiger partial charge in [0.25, 0.3) is 6.29 Å². The quantitative estimate of drug-likeness (QED) is 0.574. The van der Waals surface area contributed by atoms with Crippen LogP contribution in [0.25, 0.3) is 0 Å². The molecule has 0 aromatic heterocycles. The number of alkyl carbamates (subject to hydrolysis) is 1. The van der Waals surface area contributed by atoms with E-state index in [1.807, 2.05) is 0 Å². The first-order valence-corrected chi connectivity index (χ1v) is 5.47. The normalized spacial score (nSPS) is 19.0. The number of ether oxygens (including phenoxy) is 2. The van der Waals surface area contributed by atoms with E-state index in [1.54, 1.807) is 6.92 Å². The number of nitrogens with one attached hydrogen (secondary N) is 1. The highest BCUT2D eigenvalue weighted by Gasteiger charge is 2.24. The summed E-state index contributed by atoms with van der Waals surface area (Å²) in [6, 6.07) is 0. The summed E-state index contributed by atoms with van der Waals surface area (Å²) >= 11 is 0. The van der Waals surface area contributed by atoms with Crippen molar-refractivity contribution in [3.63, 3.8) is 0 Å². The minimum absolute atomic E-state index is 0.441. The molecule has 90 valence electrons. The van der Waals surface area contributed by atoms with Crippen LogP contribution < -0.4 is 5.32 Å². The van der Waals surface area contributed by atoms with Crippen molar-refractivity contribution in [3.8, 4) is 0 Å². The second-order valence-corrected chi connectivity index (χ2v) is 3.66. The van der Waals surface area contributed by atoms with Gasteiger partial charge in [0.15, 0.2) is 0 Å². The molecule has 5 heteroatoms. The number of carbonyl (C=O) groups excluding carboxylic acids is 2. The predicted molar refractivity (Wildman–Crippen MR) is 57.6 cm³/mol. The molecule has 0 aromatic rings. The van der Waals surface area contributed by atoms with Gasteiger partial charge in [-0.1, -0.05) is 19.8 Å². The number of hydrogen-bond donors (Lipinski definition) is 1. The molecule has 0 bridgehead atoms. The van der Waals surface area contributed by atoms with Gasteiger partial charge >= 0.3 is 12.1 Å². The average molecular weight is 227 g/mol. The van der Waals surface area contributed by atoms with E-state index < -0.39 is 18.4 Å². The summed E-state index contributed by atoms with van der Waals surface area (Å²) in [4.78, 5) is 22.2. The average Bonchev–Trinajstić information content (AvgIpc) is 2.53. The summed E-state index contributed by atoms with van der Waals surface area (Å²) in [7, 11) is 0. The van der Waals surface area contributed by atoms with Gasteiger partial charge in [0.1, 0.15) is 0 Å². The molecule has 0 fully saturated rings. The minimum atomic E-state index is -0.876. The molecule has 0 saturated heterocycles. The van der Waals surface area contributed by atoms with Crippen LogP contribution in [0.15, 0.2) is 11.6 Å². The van der Waals surface area contributed by atoms with Gasteiger partial charge in [0.05, 0.1) is 0 Å². The molecule has 0 spiro atoms. The highest BCUT2D eigenvalue weighted by molar-refractivity contribution is 5.90. The summed E-state index contributed by atoms with van der Waals surface area (Å²) in [5, 5.41) is 2.59. The Bertz CT molecular complexity index is 298. The standard InChI is InChI=1S/C11H17NO4/c1-3-4-5-6-12-11(14)16-9-7-8(2)10(13)15-9/h7,9H,3-6H2,1-2H3,(H,12,14). The second kappa shape index (κ2) is 6.15. The summed E-state index contributed by atoms with van der Waals surface area (Å²) in [6.45, 7) is 4.28. The Morgan fingerprint density at radius 2 is 2.31 bits per heavy atom. The SMILES string of the molecule is CCCCCNC(=O)OC1C=C(C)C(=O)O1. The molecule has 1 amide bonds. The number of cyclic esters (lactones) is 1. The highest BCUT2D eigenvalue weighted by Crippen LogP contribution is 2.13. The molecule has 0 radical (unpaired) electrons. The van der Waals surface area contributed by atoms with Gasteiger partial charge < -0.3 is 14.8 Å². The lowest BCUT2D eigenvalue weighted by Crippen LogP contribution is -2.29. The van der Waals surface area contributed by atoms with E-state index >= 15 is 0 Å². The fourth-order valence-corrected chi connectivity index (χ4v) is 1.28. The summed E-state index contributed by atoms with van der Waals surface area (Å²) in [6.07, 6.45) is 3.13. The molecule has 1 unspecified atom stereocenters. The minimum Gasteiger partial charge on any atom is -0.418 e. The monoisotopic (exact) mass is 227 g/mol. The number of unbranched alkanes of at least 4 members (excludes halogenated alkanes) is 2. The van der Waals surface area contributed by atoms with Gasteiger partial charge in [-0.15, -0.1) is 0 Å². The van der Waals surface area contributed by atoms with Crippen molar-refractivity contribution in [2.75, 3.05) is 6.54 Å². The van der Waals surface area contributed by atoms with Crippen LogP contribution in [-0.4, -0.2) is 24.9 Å². The molecule has 16 heavy (non-hydrogen) atoms. The van der Waals surface area contributed by atoms with Crippen LogP contribution >= 0.6 is 0 Å². The lowest BCUT2D eigenvalue weighted by molar-refractivity contribution is -0.151. The van der Waals surface area contributed by atoms with E-state index in [-0.39, 0.29) is 0 Å². The largest absolute Gasteiger partial charge is 0.418 e. The predicted octanol–water partition coefficient (Wildman–Crippen LogP) is 1.73. The third-order valence-corrected chi connectivity index (χ3v) is 2.20. The molecule has 0 saturated carbocycles. The fraction of sp³-hybridized carbons (Fsp3) is 0.636. The maximum atomic E-state index is 11.2. The third-order valence-electron chi connectivity index (χ3n) is 2.20. The van der Waals surface area contributed by atoms with Gasteiger partial charge in [0.2, 0.25) is 0 Å². The van der Waals surface area contributed by atoms with E-state index in [9.17, 15) is 9.59 Å². The van der Waals surface area contributed by atoms with Crippen LogP contribution in [0.5, 0.6) is 0 Å². The summed E-state index contributed by atoms with van der Waals surface area (Å²) in [5.74, 6) is -0.441. The van der Waals surface area contributed by atoms with Gasteiger partial charge in [0, 0.05) is 18.2 Å². The van der Waals surface area contributed by atoms with Crippen molar-refractivity contribution >= 4 is 12.1 Å². The lowest BCUT2D eigenvalue weighted by atomic mass is 10.2. The first-order valence-electron chi connectivity index (χ1n) is 5.47. The van der Waals surface area contributed by atoms with E-state index in [1.165, 1.54) is 6.08 Å². The molecule has 1 aliphatic rings. The van der Waals surface area contributed by atoms with Crippen LogP contribution in [-0.2, 0) is 14.3 Å². The van der Waals surface area contributed by atoms with E-state index in [0.29, 0.717) is 12.1 Å². The zero-order valence-corrected chi connectivity index (χ0v) is 9.62. The lowest BCUT2D eigenvalue weighted by Gasteiger charge is -2.10. The number of hydrogen-bond acceptors (Lipinski definition) is 4. The summed E-state index contributed by atoms with van der Waals surface area (Å²) < 4.78 is 9.62. The molecule has 1 rings (SSSR count). The first kappa shape index (κ1) is 12.5. The Balaban J connectivity index is 2.18. The molecule has 0 aromatic carbocycles. The Morgan fingerprint density at radius 3 is 2.88 bits per heavy atom. The number of carbonyl (C=O) groups is 2. The van der Waals surface area contributed by atoms with Crippen LogP contribution in [0.1, 0.15) is 33.1 Å². The Hall–Kier alpha value is -1.52. The number of amides is 1. The molecule has 0 aliphatic carbocycles. The second-order valence-electron chi connectivity index (χ2n) is 3.66. The van der Waals surface area contributed by atoms with Crippen LogP contribution in [0, 0.1) is 0 Å². The maximum Gasteiger partial charge on any atom is 0.410 e. The highest BCUT2D eigenvalue weighted by atomic mass is 16.7. The van der Waals surface area contributed by atoms with Crippen LogP contribution in [0.4, 0.5) is 4.79 Å². The van der Waals surface area contributed by atoms with Crippen molar-refractivity contribution in [1.29, 1.82) is 0 Å². The van der Waals surface area contributed by atoms with Gasteiger partial charge in [-0.05, 0) is 13.3 Å². The zero-order chi connectivity index (χ0) is 12.0. The van der Waals surface area contributed by atoms with E-state index in [2.05, 4.69) is 12.2 Å². The number of rotatable bonds is 5. The maximum absolute atomic E-state index is 11.2. The van der Waals surface area contributed by atoms with Crippen molar-refractivity contribution in [3.05, 3.63) is 11.6 Å². The smallest absolute Gasteiger partial charge is 0.410 e. The van der Waals surface area contributed by atoms with Gasteiger partial charge in [-0.2, -0.15) is 0 Å². The third kappa shape index (κ3) is 3.92. The fourth-order valence-electron chi connectivity index (χ4n) is 1.28. The molecular formula is C11H17NO4. The molecule has 1 N–H and O–H groups in total. The Labute approximate surface area is 94.8 Å². The number of esters is 1. The van der Waals surface area contributed by atoms with Crippen molar-refractivity contribution in [2.45, 2.75) is 39.4 Å². The zero-order valence-electron chi connectivity index (χ0n) is 9.62.